The number of rotatable bonds is 27. The molecule has 29 heteroatoms. The van der Waals surface area contributed by atoms with Crippen LogP contribution in [0.1, 0.15) is 61.8 Å². The fraction of sp³-hybridized carbons (Fsp3) is 0.447. The van der Waals surface area contributed by atoms with E-state index in [9.17, 15) is 60.8 Å². The van der Waals surface area contributed by atoms with Crippen molar-refractivity contribution in [2.24, 2.45) is 0 Å². The number of ether oxygens (including phenoxy) is 3. The summed E-state index contributed by atoms with van der Waals surface area (Å²) in [4.78, 5) is 88.9. The third-order valence-corrected chi connectivity index (χ3v) is 13.4. The molecule has 25 nitrogen and oxygen atoms in total. The Labute approximate surface area is 434 Å². The number of halogens is 3. The number of piperazine rings is 1. The topological polar surface area (TPSA) is 327 Å². The second kappa shape index (κ2) is 27.6. The van der Waals surface area contributed by atoms with E-state index >= 15 is 0 Å². The summed E-state index contributed by atoms with van der Waals surface area (Å²) in [5.74, 6) is -2.73. The van der Waals surface area contributed by atoms with Crippen molar-refractivity contribution in [3.05, 3.63) is 93.9 Å². The summed E-state index contributed by atoms with van der Waals surface area (Å²) in [6.45, 7) is 3.80. The Hall–Kier alpha value is -7.92. The van der Waals surface area contributed by atoms with Crippen molar-refractivity contribution in [2.45, 2.75) is 69.7 Å². The fourth-order valence-corrected chi connectivity index (χ4v) is 9.61. The molecule has 0 bridgehead atoms. The standard InChI is InChI=1S/C47H58F3N11O14S/c1-4-30-28-58(44(64)32-14-17-40(74-5-2)57-41(32)47(48,49)50)23-24-60(30)36-16-15-33(31-11-9-18-53-43(31)75-6-3)55-35(36)29-59(76(71,72)38-13-8-7-12-37(38)61(69)70)22-10-19-52-42(63)34(56-46(67)68)27-39(62)51-20-25-73-26-21-54-45(65)66/h7-9,11-18,30,34,54,56H,4-6,10,19-29H2,1-3H3,(H,51,62)(H,52,63)(H,65,66)(H,67,68)/t30-,34-/m1/s1. The van der Waals surface area contributed by atoms with Gasteiger partial charge in [-0.3, -0.25) is 24.5 Å². The predicted octanol–water partition coefficient (Wildman–Crippen LogP) is 4.13. The molecule has 4 heterocycles. The summed E-state index contributed by atoms with van der Waals surface area (Å²) < 4.78 is 89.6. The Morgan fingerprint density at radius 1 is 0.895 bits per heavy atom. The van der Waals surface area contributed by atoms with E-state index in [0.29, 0.717) is 17.7 Å². The minimum Gasteiger partial charge on any atom is -0.478 e. The molecule has 5 rings (SSSR count). The number of nitrogens with zero attached hydrogens (tertiary/aromatic N) is 7. The molecule has 6 N–H and O–H groups in total. The molecule has 0 radical (unpaired) electrons. The van der Waals surface area contributed by atoms with Crippen LogP contribution in [0.25, 0.3) is 11.3 Å². The molecule has 1 aliphatic heterocycles. The summed E-state index contributed by atoms with van der Waals surface area (Å²) in [5, 5.41) is 39.4. The summed E-state index contributed by atoms with van der Waals surface area (Å²) in [5.41, 5.74) is -1.70. The monoisotopic (exact) mass is 1090 g/mol. The van der Waals surface area contributed by atoms with Crippen molar-refractivity contribution in [1.82, 2.24) is 45.4 Å². The minimum absolute atomic E-state index is 0.00429. The summed E-state index contributed by atoms with van der Waals surface area (Å²) in [7, 11) is -4.84. The van der Waals surface area contributed by atoms with Gasteiger partial charge in [0.15, 0.2) is 10.6 Å². The zero-order valence-corrected chi connectivity index (χ0v) is 42.4. The van der Waals surface area contributed by atoms with Gasteiger partial charge in [0.05, 0.1) is 72.5 Å². The average molecular weight is 1090 g/mol. The van der Waals surface area contributed by atoms with E-state index in [1.54, 1.807) is 45.0 Å². The van der Waals surface area contributed by atoms with Crippen LogP contribution < -0.4 is 35.6 Å². The number of sulfonamides is 1. The number of para-hydroxylation sites is 1. The maximum absolute atomic E-state index is 14.8. The second-order valence-electron chi connectivity index (χ2n) is 16.5. The maximum atomic E-state index is 14.8. The highest BCUT2D eigenvalue weighted by molar-refractivity contribution is 7.89. The highest BCUT2D eigenvalue weighted by atomic mass is 32.2. The maximum Gasteiger partial charge on any atom is 0.434 e. The zero-order chi connectivity index (χ0) is 55.6. The third kappa shape index (κ3) is 16.0. The number of pyridine rings is 3. The molecular weight excluding hydrogens is 1030 g/mol. The molecule has 4 aromatic rings. The smallest absolute Gasteiger partial charge is 0.434 e. The first-order chi connectivity index (χ1) is 36.2. The van der Waals surface area contributed by atoms with Gasteiger partial charge >= 0.3 is 18.4 Å². The minimum atomic E-state index is -5.00. The van der Waals surface area contributed by atoms with Gasteiger partial charge in [-0.1, -0.05) is 19.1 Å². The summed E-state index contributed by atoms with van der Waals surface area (Å²) in [6.07, 6.45) is -6.89. The summed E-state index contributed by atoms with van der Waals surface area (Å²) >= 11 is 0. The lowest BCUT2D eigenvalue weighted by Gasteiger charge is -2.43. The largest absolute Gasteiger partial charge is 0.478 e. The number of carboxylic acid groups (broad SMARTS) is 2. The molecule has 1 aliphatic rings. The van der Waals surface area contributed by atoms with Gasteiger partial charge in [0.25, 0.3) is 11.6 Å². The first-order valence-corrected chi connectivity index (χ1v) is 25.3. The molecule has 3 aromatic heterocycles. The molecule has 1 aromatic carbocycles. The molecule has 5 amide bonds. The number of nitro groups is 1. The second-order valence-corrected chi connectivity index (χ2v) is 18.4. The van der Waals surface area contributed by atoms with Crippen LogP contribution in [0.4, 0.5) is 34.1 Å². The number of benzene rings is 1. The van der Waals surface area contributed by atoms with Crippen molar-refractivity contribution < 1.29 is 74.9 Å². The van der Waals surface area contributed by atoms with Gasteiger partial charge in [-0.2, -0.15) is 17.5 Å². The molecule has 1 saturated heterocycles. The number of alkyl halides is 3. The number of nitrogens with one attached hydrogen (secondary N) is 4. The van der Waals surface area contributed by atoms with Crippen LogP contribution in [0.3, 0.4) is 0 Å². The Kier molecular flexibility index (Phi) is 21.4. The molecule has 0 aliphatic carbocycles. The van der Waals surface area contributed by atoms with E-state index in [0.717, 1.165) is 22.5 Å². The molecule has 0 saturated carbocycles. The van der Waals surface area contributed by atoms with Gasteiger partial charge in [-0.25, -0.2) is 33.0 Å². The van der Waals surface area contributed by atoms with Crippen molar-refractivity contribution in [1.29, 1.82) is 0 Å². The van der Waals surface area contributed by atoms with Gasteiger partial charge < -0.3 is 55.5 Å². The van der Waals surface area contributed by atoms with E-state index in [1.807, 2.05) is 10.2 Å². The molecule has 1 fully saturated rings. The Balaban J connectivity index is 1.47. The number of aromatic nitrogens is 3. The Morgan fingerprint density at radius 2 is 1.62 bits per heavy atom. The first-order valence-electron chi connectivity index (χ1n) is 23.9. The van der Waals surface area contributed by atoms with Crippen LogP contribution in [-0.2, 0) is 37.1 Å². The molecule has 76 heavy (non-hydrogen) atoms. The lowest BCUT2D eigenvalue weighted by molar-refractivity contribution is -0.387. The molecular formula is C47H58F3N11O14S. The van der Waals surface area contributed by atoms with Crippen LogP contribution in [0.5, 0.6) is 11.8 Å². The predicted molar refractivity (Wildman–Crippen MR) is 264 cm³/mol. The van der Waals surface area contributed by atoms with Crippen LogP contribution in [0.15, 0.2) is 71.8 Å². The fourth-order valence-electron chi connectivity index (χ4n) is 8.01. The SMILES string of the molecule is CCOc1ccc(C(=O)N2CCN(c3ccc(-c4cccnc4OCC)nc3CN(CCCNC(=O)[C@@H](CC(=O)NCCOCCNC(=O)O)NC(=O)O)S(=O)(=O)c3ccccc3[N+](=O)[O-])[C@H](CC)C2)c(C(F)(F)F)n1. The lowest BCUT2D eigenvalue weighted by atomic mass is 10.0. The summed E-state index contributed by atoms with van der Waals surface area (Å²) in [6, 6.07) is 11.3. The van der Waals surface area contributed by atoms with Crippen LogP contribution in [-0.4, -0.2) is 162 Å². The average Bonchev–Trinajstić information content (AvgIpc) is 3.39. The van der Waals surface area contributed by atoms with Crippen molar-refractivity contribution >= 4 is 51.3 Å². The Bertz CT molecular complexity index is 2810. The third-order valence-electron chi connectivity index (χ3n) is 11.5. The van der Waals surface area contributed by atoms with Crippen LogP contribution in [0, 0.1) is 10.1 Å². The van der Waals surface area contributed by atoms with E-state index in [1.165, 1.54) is 29.3 Å². The molecule has 412 valence electrons. The quantitative estimate of drug-likeness (QED) is 0.0278. The highest BCUT2D eigenvalue weighted by Crippen LogP contribution is 2.36. The van der Waals surface area contributed by atoms with Gasteiger partial charge in [-0.05, 0) is 63.1 Å². The van der Waals surface area contributed by atoms with Gasteiger partial charge in [0.2, 0.25) is 33.6 Å². The molecule has 0 spiro atoms. The number of amides is 5. The van der Waals surface area contributed by atoms with Crippen molar-refractivity contribution in [2.75, 3.05) is 77.1 Å². The lowest BCUT2D eigenvalue weighted by Crippen LogP contribution is -2.55. The number of hydrogen-bond acceptors (Lipinski definition) is 16. The van der Waals surface area contributed by atoms with E-state index < -0.39 is 104 Å². The van der Waals surface area contributed by atoms with E-state index in [-0.39, 0.29) is 95.3 Å². The molecule has 2 atom stereocenters. The van der Waals surface area contributed by atoms with Crippen LogP contribution in [0.2, 0.25) is 0 Å². The van der Waals surface area contributed by atoms with Crippen molar-refractivity contribution in [3.8, 4) is 23.0 Å². The number of nitro benzene ring substituents is 1. The number of carbonyl (C=O) groups is 5. The van der Waals surface area contributed by atoms with Gasteiger partial charge in [0.1, 0.15) is 6.04 Å². The Morgan fingerprint density at radius 3 is 2.29 bits per heavy atom. The number of carbonyl (C=O) groups excluding carboxylic acids is 3. The van der Waals surface area contributed by atoms with Gasteiger partial charge in [-0.15, -0.1) is 0 Å². The molecule has 0 unspecified atom stereocenters. The van der Waals surface area contributed by atoms with Crippen molar-refractivity contribution in [3.63, 3.8) is 0 Å². The van der Waals surface area contributed by atoms with E-state index in [4.69, 9.17) is 24.3 Å². The van der Waals surface area contributed by atoms with Crippen LogP contribution >= 0.6 is 0 Å². The zero-order valence-electron chi connectivity index (χ0n) is 41.6. The first kappa shape index (κ1) is 59.0. The number of anilines is 1. The normalized spacial score (nSPS) is 14.1. The van der Waals surface area contributed by atoms with E-state index in [2.05, 4.69) is 25.9 Å². The highest BCUT2D eigenvalue weighted by Gasteiger charge is 2.41. The number of hydrogen-bond donors (Lipinski definition) is 6. The van der Waals surface area contributed by atoms with Gasteiger partial charge in [0, 0.05) is 70.2 Å².